The van der Waals surface area contributed by atoms with Gasteiger partial charge in [-0.05, 0) is 37.1 Å². The standard InChI is InChI=1S/C28H32O8/c1-27(31-3)28(2,32-4)36-24(20-34-26(30)18-16-22-13-9-6-10-14-22)23(35-27)19-33-25(29)17-15-21-11-7-5-8-12-21/h5-18,23-24H,19-20H2,1-4H3/b17-15+,18-16+/t23-,24-,27-,28-/m0/s1. The summed E-state index contributed by atoms with van der Waals surface area (Å²) in [6.45, 7) is 3.01. The zero-order valence-corrected chi connectivity index (χ0v) is 20.9. The van der Waals surface area contributed by atoms with E-state index in [1.807, 2.05) is 60.7 Å². The molecule has 0 spiro atoms. The quantitative estimate of drug-likeness (QED) is 0.360. The van der Waals surface area contributed by atoms with E-state index in [2.05, 4.69) is 0 Å². The number of methoxy groups -OCH3 is 2. The van der Waals surface area contributed by atoms with Gasteiger partial charge in [0.15, 0.2) is 0 Å². The van der Waals surface area contributed by atoms with Crippen LogP contribution in [0.25, 0.3) is 12.2 Å². The van der Waals surface area contributed by atoms with Gasteiger partial charge in [0.25, 0.3) is 0 Å². The van der Waals surface area contributed by atoms with E-state index in [0.717, 1.165) is 11.1 Å². The van der Waals surface area contributed by atoms with Gasteiger partial charge in [0.05, 0.1) is 0 Å². The fraction of sp³-hybridized carbons (Fsp3) is 0.357. The maximum absolute atomic E-state index is 12.3. The third-order valence-electron chi connectivity index (χ3n) is 5.97. The van der Waals surface area contributed by atoms with E-state index >= 15 is 0 Å². The van der Waals surface area contributed by atoms with Crippen LogP contribution in [0, 0.1) is 0 Å². The van der Waals surface area contributed by atoms with Crippen LogP contribution in [0.4, 0.5) is 0 Å². The summed E-state index contributed by atoms with van der Waals surface area (Å²) >= 11 is 0. The topological polar surface area (TPSA) is 89.5 Å². The Morgan fingerprint density at radius 3 is 1.42 bits per heavy atom. The lowest BCUT2D eigenvalue weighted by Gasteiger charge is -2.51. The van der Waals surface area contributed by atoms with Crippen molar-refractivity contribution in [3.05, 3.63) is 83.9 Å². The average molecular weight is 497 g/mol. The number of rotatable bonds is 10. The molecule has 8 nitrogen and oxygen atoms in total. The number of benzene rings is 2. The fourth-order valence-corrected chi connectivity index (χ4v) is 3.57. The molecule has 4 atom stereocenters. The van der Waals surface area contributed by atoms with Crippen LogP contribution in [0.2, 0.25) is 0 Å². The van der Waals surface area contributed by atoms with Crippen LogP contribution in [0.1, 0.15) is 25.0 Å². The molecule has 1 fully saturated rings. The first-order chi connectivity index (χ1) is 17.3. The Hall–Kier alpha value is -3.30. The molecule has 1 heterocycles. The molecule has 36 heavy (non-hydrogen) atoms. The molecule has 0 bridgehead atoms. The Morgan fingerprint density at radius 1 is 0.722 bits per heavy atom. The first kappa shape index (κ1) is 27.3. The van der Waals surface area contributed by atoms with Crippen molar-refractivity contribution >= 4 is 24.1 Å². The molecule has 1 aliphatic rings. The molecule has 0 N–H and O–H groups in total. The maximum atomic E-state index is 12.3. The maximum Gasteiger partial charge on any atom is 0.330 e. The van der Waals surface area contributed by atoms with Crippen LogP contribution in [-0.4, -0.2) is 63.2 Å². The summed E-state index contributed by atoms with van der Waals surface area (Å²) < 4.78 is 34.2. The minimum atomic E-state index is -1.31. The van der Waals surface area contributed by atoms with Gasteiger partial charge in [-0.1, -0.05) is 60.7 Å². The largest absolute Gasteiger partial charge is 0.460 e. The van der Waals surface area contributed by atoms with Crippen molar-refractivity contribution in [3.63, 3.8) is 0 Å². The van der Waals surface area contributed by atoms with Crippen LogP contribution in [0.3, 0.4) is 0 Å². The lowest BCUT2D eigenvalue weighted by Crippen LogP contribution is -2.66. The van der Waals surface area contributed by atoms with Gasteiger partial charge in [-0.3, -0.25) is 0 Å². The van der Waals surface area contributed by atoms with Crippen molar-refractivity contribution in [2.24, 2.45) is 0 Å². The van der Waals surface area contributed by atoms with E-state index in [4.69, 9.17) is 28.4 Å². The highest BCUT2D eigenvalue weighted by molar-refractivity contribution is 5.87. The summed E-state index contributed by atoms with van der Waals surface area (Å²) in [5, 5.41) is 0. The molecule has 1 aliphatic heterocycles. The van der Waals surface area contributed by atoms with Gasteiger partial charge in [0.2, 0.25) is 11.6 Å². The number of ether oxygens (including phenoxy) is 6. The normalized spacial score (nSPS) is 26.2. The zero-order valence-electron chi connectivity index (χ0n) is 20.9. The molecule has 0 aliphatic carbocycles. The smallest absolute Gasteiger partial charge is 0.330 e. The van der Waals surface area contributed by atoms with Crippen LogP contribution in [-0.2, 0) is 38.0 Å². The molecule has 3 rings (SSSR count). The van der Waals surface area contributed by atoms with Crippen molar-refractivity contribution in [2.45, 2.75) is 37.6 Å². The number of carbonyl (C=O) groups excluding carboxylic acids is 2. The van der Waals surface area contributed by atoms with Crippen molar-refractivity contribution in [2.75, 3.05) is 27.4 Å². The first-order valence-corrected chi connectivity index (χ1v) is 11.5. The summed E-state index contributed by atoms with van der Waals surface area (Å²) in [5.74, 6) is -3.73. The predicted octanol–water partition coefficient (Wildman–Crippen LogP) is 4.01. The minimum Gasteiger partial charge on any atom is -0.460 e. The van der Waals surface area contributed by atoms with E-state index in [1.165, 1.54) is 26.4 Å². The van der Waals surface area contributed by atoms with E-state index < -0.39 is 35.7 Å². The number of carbonyl (C=O) groups is 2. The zero-order chi connectivity index (χ0) is 26.0. The minimum absolute atomic E-state index is 0.154. The van der Waals surface area contributed by atoms with Gasteiger partial charge in [0.1, 0.15) is 25.4 Å². The summed E-state index contributed by atoms with van der Waals surface area (Å²) in [4.78, 5) is 24.6. The van der Waals surface area contributed by atoms with Crippen molar-refractivity contribution in [1.82, 2.24) is 0 Å². The molecule has 2 aromatic carbocycles. The van der Waals surface area contributed by atoms with E-state index in [9.17, 15) is 9.59 Å². The van der Waals surface area contributed by atoms with Gasteiger partial charge < -0.3 is 28.4 Å². The summed E-state index contributed by atoms with van der Waals surface area (Å²) in [6.07, 6.45) is 4.38. The molecule has 0 unspecified atom stereocenters. The third-order valence-corrected chi connectivity index (χ3v) is 5.97. The third kappa shape index (κ3) is 7.11. The summed E-state index contributed by atoms with van der Waals surface area (Å²) in [5.41, 5.74) is 1.73. The lowest BCUT2D eigenvalue weighted by molar-refractivity contribution is -0.451. The summed E-state index contributed by atoms with van der Waals surface area (Å²) in [7, 11) is 2.92. The molecule has 0 radical (unpaired) electrons. The predicted molar refractivity (Wildman–Crippen MR) is 133 cm³/mol. The highest BCUT2D eigenvalue weighted by Gasteiger charge is 2.57. The van der Waals surface area contributed by atoms with Crippen molar-refractivity contribution in [1.29, 1.82) is 0 Å². The molecule has 192 valence electrons. The number of hydrogen-bond acceptors (Lipinski definition) is 8. The molecule has 0 aromatic heterocycles. The second-order valence-electron chi connectivity index (χ2n) is 8.36. The Labute approximate surface area is 211 Å². The second-order valence-corrected chi connectivity index (χ2v) is 8.36. The molecular formula is C28H32O8. The fourth-order valence-electron chi connectivity index (χ4n) is 3.57. The Morgan fingerprint density at radius 2 is 1.08 bits per heavy atom. The summed E-state index contributed by atoms with van der Waals surface area (Å²) in [6, 6.07) is 18.7. The molecule has 1 saturated heterocycles. The van der Waals surface area contributed by atoms with Gasteiger partial charge in [0, 0.05) is 26.4 Å². The SMILES string of the molecule is CO[C@@]1(C)O[C@@H](COC(=O)/C=C/c2ccccc2)[C@H](COC(=O)/C=C/c2ccccc2)O[C@]1(C)OC. The van der Waals surface area contributed by atoms with Crippen LogP contribution in [0.5, 0.6) is 0 Å². The van der Waals surface area contributed by atoms with Gasteiger partial charge in [-0.25, -0.2) is 9.59 Å². The van der Waals surface area contributed by atoms with Gasteiger partial charge >= 0.3 is 11.9 Å². The number of hydrogen-bond donors (Lipinski definition) is 0. The molecule has 0 saturated carbocycles. The monoisotopic (exact) mass is 496 g/mol. The molecule has 0 amide bonds. The van der Waals surface area contributed by atoms with Gasteiger partial charge in [-0.2, -0.15) is 0 Å². The Bertz CT molecular complexity index is 966. The second kappa shape index (κ2) is 12.6. The molecule has 8 heteroatoms. The van der Waals surface area contributed by atoms with Crippen molar-refractivity contribution < 1.29 is 38.0 Å². The van der Waals surface area contributed by atoms with Crippen LogP contribution >= 0.6 is 0 Å². The number of esters is 2. The first-order valence-electron chi connectivity index (χ1n) is 11.5. The molecule has 2 aromatic rings. The van der Waals surface area contributed by atoms with Crippen LogP contribution in [0.15, 0.2) is 72.8 Å². The lowest BCUT2D eigenvalue weighted by atomic mass is 10.0. The van der Waals surface area contributed by atoms with Crippen molar-refractivity contribution in [3.8, 4) is 0 Å². The van der Waals surface area contributed by atoms with Gasteiger partial charge in [-0.15, -0.1) is 0 Å². The highest BCUT2D eigenvalue weighted by Crippen LogP contribution is 2.39. The van der Waals surface area contributed by atoms with Crippen LogP contribution < -0.4 is 0 Å². The van der Waals surface area contributed by atoms with E-state index in [-0.39, 0.29) is 13.2 Å². The van der Waals surface area contributed by atoms with E-state index in [1.54, 1.807) is 26.0 Å². The Balaban J connectivity index is 1.65. The average Bonchev–Trinajstić information content (AvgIpc) is 2.91. The highest BCUT2D eigenvalue weighted by atomic mass is 16.8. The Kier molecular flexibility index (Phi) is 9.55. The molecular weight excluding hydrogens is 464 g/mol. The van der Waals surface area contributed by atoms with E-state index in [0.29, 0.717) is 0 Å².